The van der Waals surface area contributed by atoms with E-state index in [4.69, 9.17) is 0 Å². The fourth-order valence-electron chi connectivity index (χ4n) is 3.74. The Labute approximate surface area is 161 Å². The van der Waals surface area contributed by atoms with Crippen LogP contribution in [0.15, 0.2) is 48.5 Å². The third-order valence-corrected chi connectivity index (χ3v) is 5.31. The smallest absolute Gasteiger partial charge is 0.232 e. The highest BCUT2D eigenvalue weighted by atomic mass is 16.2. The van der Waals surface area contributed by atoms with Gasteiger partial charge in [-0.1, -0.05) is 42.5 Å². The van der Waals surface area contributed by atoms with Crippen LogP contribution in [0, 0.1) is 19.8 Å². The number of nitrogens with zero attached hydrogens (tertiary/aromatic N) is 2. The van der Waals surface area contributed by atoms with E-state index in [1.807, 2.05) is 54.8 Å². The average molecular weight is 364 g/mol. The summed E-state index contributed by atoms with van der Waals surface area (Å²) < 4.78 is 0. The number of rotatable bonds is 6. The fraction of sp³-hybridized carbons (Fsp3) is 0.391. The van der Waals surface area contributed by atoms with Crippen LogP contribution in [-0.2, 0) is 16.0 Å². The molecule has 1 unspecified atom stereocenters. The molecule has 1 saturated heterocycles. The summed E-state index contributed by atoms with van der Waals surface area (Å²) in [5, 5.41) is 0. The standard InChI is InChI=1S/C23H28N2O2/c1-4-25(21-14-17(2)10-11-18(21)3)23(27)20-15-22(26)24(16-20)13-12-19-8-6-5-7-9-19/h5-11,14,20H,4,12-13,15-16H2,1-3H3. The van der Waals surface area contributed by atoms with Gasteiger partial charge in [-0.3, -0.25) is 9.59 Å². The summed E-state index contributed by atoms with van der Waals surface area (Å²) >= 11 is 0. The van der Waals surface area contributed by atoms with Gasteiger partial charge in [-0.2, -0.15) is 0 Å². The molecule has 1 atom stereocenters. The molecule has 1 heterocycles. The lowest BCUT2D eigenvalue weighted by molar-refractivity contribution is -0.128. The number of hydrogen-bond donors (Lipinski definition) is 0. The topological polar surface area (TPSA) is 40.6 Å². The number of aryl methyl sites for hydroxylation is 2. The number of likely N-dealkylation sites (tertiary alicyclic amines) is 1. The highest BCUT2D eigenvalue weighted by Gasteiger charge is 2.36. The van der Waals surface area contributed by atoms with Gasteiger partial charge in [0.05, 0.1) is 5.92 Å². The Bertz CT molecular complexity index is 816. The van der Waals surface area contributed by atoms with Gasteiger partial charge in [-0.15, -0.1) is 0 Å². The minimum atomic E-state index is -0.256. The molecular weight excluding hydrogens is 336 g/mol. The average Bonchev–Trinajstić information content (AvgIpc) is 3.05. The van der Waals surface area contributed by atoms with E-state index in [-0.39, 0.29) is 17.7 Å². The molecule has 4 heteroatoms. The summed E-state index contributed by atoms with van der Waals surface area (Å²) in [5.41, 5.74) is 4.39. The second-order valence-electron chi connectivity index (χ2n) is 7.35. The minimum absolute atomic E-state index is 0.0572. The minimum Gasteiger partial charge on any atom is -0.342 e. The van der Waals surface area contributed by atoms with Gasteiger partial charge in [-0.25, -0.2) is 0 Å². The molecule has 3 rings (SSSR count). The molecule has 0 radical (unpaired) electrons. The van der Waals surface area contributed by atoms with Crippen molar-refractivity contribution in [2.75, 3.05) is 24.5 Å². The van der Waals surface area contributed by atoms with Crippen molar-refractivity contribution in [1.29, 1.82) is 0 Å². The van der Waals surface area contributed by atoms with E-state index in [9.17, 15) is 9.59 Å². The zero-order valence-electron chi connectivity index (χ0n) is 16.4. The predicted octanol–water partition coefficient (Wildman–Crippen LogP) is 3.75. The van der Waals surface area contributed by atoms with Gasteiger partial charge in [0.1, 0.15) is 0 Å². The molecule has 27 heavy (non-hydrogen) atoms. The lowest BCUT2D eigenvalue weighted by Crippen LogP contribution is -2.38. The van der Waals surface area contributed by atoms with Crippen molar-refractivity contribution in [3.8, 4) is 0 Å². The predicted molar refractivity (Wildman–Crippen MR) is 109 cm³/mol. The van der Waals surface area contributed by atoms with Crippen LogP contribution in [0.2, 0.25) is 0 Å². The van der Waals surface area contributed by atoms with Gasteiger partial charge >= 0.3 is 0 Å². The van der Waals surface area contributed by atoms with Crippen molar-refractivity contribution in [3.63, 3.8) is 0 Å². The Morgan fingerprint density at radius 2 is 1.89 bits per heavy atom. The highest BCUT2D eigenvalue weighted by Crippen LogP contribution is 2.27. The maximum Gasteiger partial charge on any atom is 0.232 e. The van der Waals surface area contributed by atoms with Crippen LogP contribution in [0.5, 0.6) is 0 Å². The van der Waals surface area contributed by atoms with E-state index in [2.05, 4.69) is 24.3 Å². The number of hydrogen-bond acceptors (Lipinski definition) is 2. The van der Waals surface area contributed by atoms with Crippen molar-refractivity contribution < 1.29 is 9.59 Å². The van der Waals surface area contributed by atoms with E-state index in [0.717, 1.165) is 23.2 Å². The first-order valence-electron chi connectivity index (χ1n) is 9.70. The molecule has 2 amide bonds. The van der Waals surface area contributed by atoms with Crippen molar-refractivity contribution in [3.05, 3.63) is 65.2 Å². The molecular formula is C23H28N2O2. The molecule has 142 valence electrons. The molecule has 0 aliphatic carbocycles. The molecule has 4 nitrogen and oxygen atoms in total. The number of carbonyl (C=O) groups is 2. The third kappa shape index (κ3) is 4.38. The van der Waals surface area contributed by atoms with Gasteiger partial charge < -0.3 is 9.80 Å². The molecule has 1 aliphatic rings. The zero-order chi connectivity index (χ0) is 19.4. The van der Waals surface area contributed by atoms with Crippen molar-refractivity contribution in [1.82, 2.24) is 4.90 Å². The van der Waals surface area contributed by atoms with Crippen LogP contribution in [0.4, 0.5) is 5.69 Å². The van der Waals surface area contributed by atoms with Gasteiger partial charge in [-0.05, 0) is 49.9 Å². The lowest BCUT2D eigenvalue weighted by atomic mass is 10.0. The molecule has 0 N–H and O–H groups in total. The van der Waals surface area contributed by atoms with Crippen LogP contribution in [0.3, 0.4) is 0 Å². The summed E-state index contributed by atoms with van der Waals surface area (Å²) in [6, 6.07) is 16.3. The highest BCUT2D eigenvalue weighted by molar-refractivity contribution is 5.99. The van der Waals surface area contributed by atoms with Gasteiger partial charge in [0.25, 0.3) is 0 Å². The van der Waals surface area contributed by atoms with Crippen molar-refractivity contribution >= 4 is 17.5 Å². The number of benzene rings is 2. The third-order valence-electron chi connectivity index (χ3n) is 5.31. The summed E-state index contributed by atoms with van der Waals surface area (Å²) in [7, 11) is 0. The Kier molecular flexibility index (Phi) is 5.94. The first-order valence-corrected chi connectivity index (χ1v) is 9.70. The molecule has 0 saturated carbocycles. The Morgan fingerprint density at radius 3 is 2.59 bits per heavy atom. The summed E-state index contributed by atoms with van der Waals surface area (Å²) in [6.07, 6.45) is 1.14. The Balaban J connectivity index is 1.67. The lowest BCUT2D eigenvalue weighted by Gasteiger charge is -2.26. The Morgan fingerprint density at radius 1 is 1.15 bits per heavy atom. The second-order valence-corrected chi connectivity index (χ2v) is 7.35. The summed E-state index contributed by atoms with van der Waals surface area (Å²) in [6.45, 7) is 7.85. The van der Waals surface area contributed by atoms with E-state index < -0.39 is 0 Å². The molecule has 0 spiro atoms. The normalized spacial score (nSPS) is 16.6. The van der Waals surface area contributed by atoms with Gasteiger partial charge in [0.2, 0.25) is 11.8 Å². The molecule has 0 aromatic heterocycles. The van der Waals surface area contributed by atoms with Crippen LogP contribution in [0.25, 0.3) is 0 Å². The fourth-order valence-corrected chi connectivity index (χ4v) is 3.74. The van der Waals surface area contributed by atoms with E-state index in [1.165, 1.54) is 5.56 Å². The van der Waals surface area contributed by atoms with Crippen molar-refractivity contribution in [2.24, 2.45) is 5.92 Å². The van der Waals surface area contributed by atoms with Gasteiger partial charge in [0.15, 0.2) is 0 Å². The van der Waals surface area contributed by atoms with Gasteiger partial charge in [0, 0.05) is 31.7 Å². The monoisotopic (exact) mass is 364 g/mol. The number of amides is 2. The second kappa shape index (κ2) is 8.38. The van der Waals surface area contributed by atoms with E-state index >= 15 is 0 Å². The maximum absolute atomic E-state index is 13.2. The van der Waals surface area contributed by atoms with E-state index in [0.29, 0.717) is 26.1 Å². The van der Waals surface area contributed by atoms with Crippen LogP contribution >= 0.6 is 0 Å². The van der Waals surface area contributed by atoms with Crippen LogP contribution in [-0.4, -0.2) is 36.3 Å². The van der Waals surface area contributed by atoms with Crippen LogP contribution < -0.4 is 4.90 Å². The maximum atomic E-state index is 13.2. The molecule has 1 aliphatic heterocycles. The summed E-state index contributed by atoms with van der Waals surface area (Å²) in [5.74, 6) is -0.115. The number of anilines is 1. The largest absolute Gasteiger partial charge is 0.342 e. The molecule has 2 aromatic rings. The SMILES string of the molecule is CCN(C(=O)C1CC(=O)N(CCc2ccccc2)C1)c1cc(C)ccc1C. The first kappa shape index (κ1) is 19.2. The quantitative estimate of drug-likeness (QED) is 0.783. The molecule has 1 fully saturated rings. The number of carbonyl (C=O) groups excluding carboxylic acids is 2. The Hall–Kier alpha value is -2.62. The molecule has 0 bridgehead atoms. The van der Waals surface area contributed by atoms with Crippen molar-refractivity contribution in [2.45, 2.75) is 33.6 Å². The summed E-state index contributed by atoms with van der Waals surface area (Å²) in [4.78, 5) is 29.3. The van der Waals surface area contributed by atoms with Crippen LogP contribution in [0.1, 0.15) is 30.0 Å². The first-order chi connectivity index (χ1) is 13.0. The molecule has 2 aromatic carbocycles. The zero-order valence-corrected chi connectivity index (χ0v) is 16.4. The van der Waals surface area contributed by atoms with E-state index in [1.54, 1.807) is 0 Å².